The number of carbonyl (C=O) groups is 2. The number of phosphoric acid groups is 1. The van der Waals surface area contributed by atoms with E-state index in [1.165, 1.54) is 38.5 Å². The summed E-state index contributed by atoms with van der Waals surface area (Å²) in [5.74, 6) is -0.147. The molecule has 0 saturated carbocycles. The highest BCUT2D eigenvalue weighted by atomic mass is 31.2. The highest BCUT2D eigenvalue weighted by Crippen LogP contribution is 2.36. The Kier molecular flexibility index (Phi) is 29.4. The number of unbranched alkanes of at least 4 members (excludes halogenated alkanes) is 11. The third kappa shape index (κ3) is 32.2. The van der Waals surface area contributed by atoms with Crippen LogP contribution in [-0.4, -0.2) is 52.3 Å². The van der Waals surface area contributed by atoms with E-state index in [0.717, 1.165) is 63.7 Å². The summed E-state index contributed by atoms with van der Waals surface area (Å²) in [5, 5.41) is 10.1. The Bertz CT molecular complexity index is 881. The van der Waals surface area contributed by atoms with Gasteiger partial charge in [-0.2, -0.15) is 0 Å². The quantitative estimate of drug-likeness (QED) is 0.0216. The molecule has 0 aromatic heterocycles. The Morgan fingerprint density at radius 1 is 0.717 bits per heavy atom. The van der Waals surface area contributed by atoms with Gasteiger partial charge in [-0.25, -0.2) is 4.57 Å². The van der Waals surface area contributed by atoms with E-state index in [-0.39, 0.29) is 19.4 Å². The monoisotopic (exact) mass is 672 g/mol. The Morgan fingerprint density at radius 2 is 1.28 bits per heavy atom. The van der Waals surface area contributed by atoms with Crippen molar-refractivity contribution in [2.75, 3.05) is 13.2 Å². The molecule has 0 bridgehead atoms. The number of ether oxygens (including phenoxy) is 2. The summed E-state index contributed by atoms with van der Waals surface area (Å²) in [6.45, 7) is 5.76. The van der Waals surface area contributed by atoms with Crippen LogP contribution < -0.4 is 0 Å². The predicted octanol–water partition coefficient (Wildman–Crippen LogP) is 9.06. The Hall–Kier alpha value is -1.77. The Balaban J connectivity index is 4.11. The van der Waals surface area contributed by atoms with Crippen molar-refractivity contribution in [3.05, 3.63) is 36.5 Å². The average Bonchev–Trinajstić information content (AvgIpc) is 3.01. The van der Waals surface area contributed by atoms with Crippen LogP contribution in [0.5, 0.6) is 0 Å². The van der Waals surface area contributed by atoms with Crippen LogP contribution >= 0.6 is 7.82 Å². The first-order valence-electron chi connectivity index (χ1n) is 17.8. The van der Waals surface area contributed by atoms with Gasteiger partial charge in [0.05, 0.1) is 12.7 Å². The Labute approximate surface area is 279 Å². The molecule has 9 nitrogen and oxygen atoms in total. The third-order valence-electron chi connectivity index (χ3n) is 7.82. The van der Waals surface area contributed by atoms with Crippen LogP contribution in [-0.2, 0) is 28.2 Å². The van der Waals surface area contributed by atoms with Crippen molar-refractivity contribution < 1.29 is 43.0 Å². The molecule has 0 aliphatic carbocycles. The summed E-state index contributed by atoms with van der Waals surface area (Å²) < 4.78 is 26.2. The van der Waals surface area contributed by atoms with E-state index in [9.17, 15) is 19.3 Å². The second-order valence-corrected chi connectivity index (χ2v) is 13.5. The molecule has 0 spiro atoms. The first-order chi connectivity index (χ1) is 22.1. The number of phosphoric ester groups is 1. The SMILES string of the molecule is CC/C=C/C/C=C/C=C/C(O)CCCCCCCC(=O)O[C@H](COC(=O)CCCCCCCCCCC(C)CC)COP(=O)(O)O. The average molecular weight is 673 g/mol. The van der Waals surface area contributed by atoms with Crippen molar-refractivity contribution in [1.82, 2.24) is 0 Å². The maximum Gasteiger partial charge on any atom is 0.469 e. The molecule has 0 radical (unpaired) electrons. The van der Waals surface area contributed by atoms with E-state index in [1.54, 1.807) is 6.08 Å². The zero-order valence-electron chi connectivity index (χ0n) is 29.0. The molecule has 2 unspecified atom stereocenters. The maximum absolute atomic E-state index is 12.3. The van der Waals surface area contributed by atoms with Gasteiger partial charge in [0.15, 0.2) is 6.10 Å². The summed E-state index contributed by atoms with van der Waals surface area (Å²) in [6, 6.07) is 0. The van der Waals surface area contributed by atoms with Gasteiger partial charge in [-0.1, -0.05) is 141 Å². The number of aliphatic hydroxyl groups excluding tert-OH is 1. The molecular formula is C36H65O9P. The maximum atomic E-state index is 12.3. The van der Waals surface area contributed by atoms with Crippen LogP contribution in [0.2, 0.25) is 0 Å². The van der Waals surface area contributed by atoms with Gasteiger partial charge in [-0.05, 0) is 38.0 Å². The first kappa shape index (κ1) is 44.2. The molecule has 0 rings (SSSR count). The zero-order chi connectivity index (χ0) is 34.3. The first-order valence-corrected chi connectivity index (χ1v) is 19.3. The molecule has 10 heteroatoms. The summed E-state index contributed by atoms with van der Waals surface area (Å²) in [6.07, 6.45) is 28.9. The molecule has 3 atom stereocenters. The fraction of sp³-hybridized carbons (Fsp3) is 0.778. The van der Waals surface area contributed by atoms with Crippen LogP contribution in [0, 0.1) is 5.92 Å². The molecule has 0 aromatic carbocycles. The van der Waals surface area contributed by atoms with Gasteiger partial charge < -0.3 is 24.4 Å². The second-order valence-electron chi connectivity index (χ2n) is 12.3. The van der Waals surface area contributed by atoms with E-state index in [1.807, 2.05) is 18.2 Å². The van der Waals surface area contributed by atoms with Crippen LogP contribution in [0.25, 0.3) is 0 Å². The van der Waals surface area contributed by atoms with Crippen molar-refractivity contribution >= 4 is 19.8 Å². The smallest absolute Gasteiger partial charge is 0.462 e. The van der Waals surface area contributed by atoms with Crippen LogP contribution in [0.4, 0.5) is 0 Å². The fourth-order valence-corrected chi connectivity index (χ4v) is 5.13. The molecule has 0 aromatic rings. The molecule has 3 N–H and O–H groups in total. The molecule has 0 saturated heterocycles. The van der Waals surface area contributed by atoms with Crippen molar-refractivity contribution in [3.63, 3.8) is 0 Å². The molecule has 0 fully saturated rings. The summed E-state index contributed by atoms with van der Waals surface area (Å²) in [4.78, 5) is 42.6. The van der Waals surface area contributed by atoms with Gasteiger partial charge in [0.1, 0.15) is 6.61 Å². The highest BCUT2D eigenvalue weighted by molar-refractivity contribution is 7.46. The van der Waals surface area contributed by atoms with Gasteiger partial charge in [-0.15, -0.1) is 0 Å². The fourth-order valence-electron chi connectivity index (χ4n) is 4.77. The minimum Gasteiger partial charge on any atom is -0.462 e. The molecular weight excluding hydrogens is 607 g/mol. The molecule has 0 amide bonds. The van der Waals surface area contributed by atoms with E-state index >= 15 is 0 Å². The zero-order valence-corrected chi connectivity index (χ0v) is 29.9. The topological polar surface area (TPSA) is 140 Å². The van der Waals surface area contributed by atoms with Gasteiger partial charge in [0, 0.05) is 12.8 Å². The van der Waals surface area contributed by atoms with E-state index < -0.39 is 38.6 Å². The number of allylic oxidation sites excluding steroid dienone is 5. The van der Waals surface area contributed by atoms with Gasteiger partial charge in [0.2, 0.25) is 0 Å². The molecule has 268 valence electrons. The standard InChI is InChI=1S/C36H65O9P/c1-4-6-7-8-11-16-21-26-33(37)27-22-17-14-19-24-29-36(39)45-34(31-44-46(40,41)42)30-43-35(38)28-23-18-13-10-9-12-15-20-25-32(3)5-2/h6-7,11,16,21,26,32-34,37H,4-5,8-10,12-15,17-20,22-25,27-31H2,1-3H3,(H2,40,41,42)/b7-6+,16-11+,26-21+/t32?,33?,34-/m1/s1. The minimum absolute atomic E-state index is 0.142. The van der Waals surface area contributed by atoms with Crippen molar-refractivity contribution in [2.45, 2.75) is 161 Å². The normalized spacial score (nSPS) is 14.3. The molecule has 0 aliphatic rings. The number of aliphatic hydroxyl groups is 1. The predicted molar refractivity (Wildman–Crippen MR) is 185 cm³/mol. The van der Waals surface area contributed by atoms with E-state index in [0.29, 0.717) is 19.3 Å². The lowest BCUT2D eigenvalue weighted by molar-refractivity contribution is -0.161. The number of carbonyl (C=O) groups excluding carboxylic acids is 2. The van der Waals surface area contributed by atoms with Crippen molar-refractivity contribution in [3.8, 4) is 0 Å². The summed E-state index contributed by atoms with van der Waals surface area (Å²) >= 11 is 0. The lowest BCUT2D eigenvalue weighted by Gasteiger charge is -2.18. The largest absolute Gasteiger partial charge is 0.469 e. The number of hydrogen-bond acceptors (Lipinski definition) is 7. The molecule has 0 aliphatic heterocycles. The lowest BCUT2D eigenvalue weighted by atomic mass is 9.99. The van der Waals surface area contributed by atoms with Crippen LogP contribution in [0.3, 0.4) is 0 Å². The summed E-state index contributed by atoms with van der Waals surface area (Å²) in [5.41, 5.74) is 0. The number of esters is 2. The lowest BCUT2D eigenvalue weighted by Crippen LogP contribution is -2.29. The number of hydrogen-bond donors (Lipinski definition) is 3. The van der Waals surface area contributed by atoms with Gasteiger partial charge in [0.25, 0.3) is 0 Å². The number of rotatable bonds is 31. The highest BCUT2D eigenvalue weighted by Gasteiger charge is 2.22. The molecule has 46 heavy (non-hydrogen) atoms. The van der Waals surface area contributed by atoms with E-state index in [4.69, 9.17) is 19.3 Å². The van der Waals surface area contributed by atoms with Crippen LogP contribution in [0.1, 0.15) is 149 Å². The Morgan fingerprint density at radius 3 is 1.87 bits per heavy atom. The second kappa shape index (κ2) is 30.6. The van der Waals surface area contributed by atoms with Gasteiger partial charge in [-0.3, -0.25) is 14.1 Å². The van der Waals surface area contributed by atoms with E-state index in [2.05, 4.69) is 37.4 Å². The third-order valence-corrected chi connectivity index (χ3v) is 8.30. The molecule has 0 heterocycles. The van der Waals surface area contributed by atoms with Gasteiger partial charge >= 0.3 is 19.8 Å². The van der Waals surface area contributed by atoms with Crippen molar-refractivity contribution in [1.29, 1.82) is 0 Å². The minimum atomic E-state index is -4.77. The van der Waals surface area contributed by atoms with Crippen LogP contribution in [0.15, 0.2) is 36.5 Å². The summed E-state index contributed by atoms with van der Waals surface area (Å²) in [7, 11) is -4.77. The van der Waals surface area contributed by atoms with Crippen molar-refractivity contribution in [2.24, 2.45) is 5.92 Å².